The lowest BCUT2D eigenvalue weighted by Crippen LogP contribution is -2.35. The van der Waals surface area contributed by atoms with Gasteiger partial charge >= 0.3 is 6.09 Å². The van der Waals surface area contributed by atoms with Crippen LogP contribution in [0.3, 0.4) is 0 Å². The van der Waals surface area contributed by atoms with Gasteiger partial charge in [-0.3, -0.25) is 0 Å². The number of aromatic nitrogens is 3. The van der Waals surface area contributed by atoms with Gasteiger partial charge in [-0.1, -0.05) is 6.07 Å². The predicted molar refractivity (Wildman–Crippen MR) is 106 cm³/mol. The van der Waals surface area contributed by atoms with Crippen LogP contribution in [-0.4, -0.2) is 52.1 Å². The maximum absolute atomic E-state index is 15.3. The Morgan fingerprint density at radius 1 is 1.34 bits per heavy atom. The van der Waals surface area contributed by atoms with Crippen LogP contribution < -0.4 is 10.2 Å². The van der Waals surface area contributed by atoms with E-state index >= 15 is 4.39 Å². The predicted octanol–water partition coefficient (Wildman–Crippen LogP) is 3.01. The first kappa shape index (κ1) is 19.1. The van der Waals surface area contributed by atoms with E-state index in [2.05, 4.69) is 20.3 Å². The van der Waals surface area contributed by atoms with E-state index < -0.39 is 18.0 Å². The zero-order valence-electron chi connectivity index (χ0n) is 16.2. The minimum atomic E-state index is -1.15. The normalized spacial score (nSPS) is 15.5. The third kappa shape index (κ3) is 3.61. The Morgan fingerprint density at radius 2 is 2.10 bits per heavy atom. The number of rotatable bonds is 4. The largest absolute Gasteiger partial charge is 0.465 e. The number of fused-ring (bicyclic) bond motifs is 1. The van der Waals surface area contributed by atoms with E-state index in [9.17, 15) is 4.79 Å². The molecule has 29 heavy (non-hydrogen) atoms. The van der Waals surface area contributed by atoms with Gasteiger partial charge in [-0.2, -0.15) is 5.10 Å². The molecule has 1 atom stereocenters. The van der Waals surface area contributed by atoms with Crippen LogP contribution in [0.2, 0.25) is 0 Å². The second-order valence-electron chi connectivity index (χ2n) is 7.05. The van der Waals surface area contributed by atoms with Crippen LogP contribution in [0.5, 0.6) is 0 Å². The van der Waals surface area contributed by atoms with Gasteiger partial charge in [0.05, 0.1) is 36.7 Å². The van der Waals surface area contributed by atoms with E-state index in [0.29, 0.717) is 41.1 Å². The first-order valence-corrected chi connectivity index (χ1v) is 9.40. The van der Waals surface area contributed by atoms with E-state index in [-0.39, 0.29) is 0 Å². The molecule has 1 amide bonds. The molecular weight excluding hydrogens is 377 g/mol. The third-order valence-electron chi connectivity index (χ3n) is 5.26. The monoisotopic (exact) mass is 399 g/mol. The number of ether oxygens (including phenoxy) is 1. The van der Waals surface area contributed by atoms with Gasteiger partial charge in [0.2, 0.25) is 0 Å². The summed E-state index contributed by atoms with van der Waals surface area (Å²) < 4.78 is 22.4. The molecule has 2 aromatic heterocycles. The van der Waals surface area contributed by atoms with Gasteiger partial charge in [0.1, 0.15) is 17.8 Å². The third-order valence-corrected chi connectivity index (χ3v) is 5.26. The molecule has 1 aliphatic rings. The van der Waals surface area contributed by atoms with E-state index in [4.69, 9.17) is 9.84 Å². The summed E-state index contributed by atoms with van der Waals surface area (Å²) in [6.07, 6.45) is 2.16. The molecule has 0 saturated carbocycles. The molecule has 0 bridgehead atoms. The van der Waals surface area contributed by atoms with Gasteiger partial charge in [0.15, 0.2) is 0 Å². The first-order chi connectivity index (χ1) is 14.0. The number of nitrogens with one attached hydrogen (secondary N) is 1. The molecule has 4 rings (SSSR count). The summed E-state index contributed by atoms with van der Waals surface area (Å²) >= 11 is 0. The molecule has 1 fully saturated rings. The Kier molecular flexibility index (Phi) is 5.06. The second-order valence-corrected chi connectivity index (χ2v) is 7.05. The summed E-state index contributed by atoms with van der Waals surface area (Å²) in [5, 5.41) is 15.6. The fraction of sp³-hybridized carbons (Fsp3) is 0.350. The summed E-state index contributed by atoms with van der Waals surface area (Å²) in [5.41, 5.74) is 3.52. The van der Waals surface area contributed by atoms with Crippen molar-refractivity contribution in [3.8, 4) is 11.3 Å². The SMILES string of the molecule is Cc1c([C@@H](C)NC(=O)O)ccc(-c2ncnn3cc(N4CCOCC4)cc23)c1F. The molecule has 0 radical (unpaired) electrons. The zero-order valence-corrected chi connectivity index (χ0v) is 16.2. The number of anilines is 1. The number of benzene rings is 1. The van der Waals surface area contributed by atoms with Gasteiger partial charge in [-0.15, -0.1) is 0 Å². The molecule has 0 aliphatic carbocycles. The number of carbonyl (C=O) groups is 1. The van der Waals surface area contributed by atoms with Crippen molar-refractivity contribution in [1.29, 1.82) is 0 Å². The molecule has 0 unspecified atom stereocenters. The number of nitrogens with zero attached hydrogens (tertiary/aromatic N) is 4. The van der Waals surface area contributed by atoms with Crippen LogP contribution in [0.4, 0.5) is 14.9 Å². The Balaban J connectivity index is 1.75. The summed E-state index contributed by atoms with van der Waals surface area (Å²) in [4.78, 5) is 17.4. The van der Waals surface area contributed by atoms with Crippen LogP contribution in [0, 0.1) is 12.7 Å². The average molecular weight is 399 g/mol. The lowest BCUT2D eigenvalue weighted by molar-refractivity contribution is 0.122. The van der Waals surface area contributed by atoms with E-state index in [1.165, 1.54) is 6.33 Å². The highest BCUT2D eigenvalue weighted by Gasteiger charge is 2.20. The fourth-order valence-electron chi connectivity index (χ4n) is 3.73. The zero-order chi connectivity index (χ0) is 20.5. The Labute approximate surface area is 166 Å². The van der Waals surface area contributed by atoms with Crippen molar-refractivity contribution in [2.75, 3.05) is 31.2 Å². The highest BCUT2D eigenvalue weighted by Crippen LogP contribution is 2.32. The molecule has 0 spiro atoms. The quantitative estimate of drug-likeness (QED) is 0.701. The molecular formula is C20H22FN5O3. The number of morpholine rings is 1. The Morgan fingerprint density at radius 3 is 2.83 bits per heavy atom. The molecule has 152 valence electrons. The van der Waals surface area contributed by atoms with Gasteiger partial charge < -0.3 is 20.1 Å². The number of hydrogen-bond acceptors (Lipinski definition) is 5. The summed E-state index contributed by atoms with van der Waals surface area (Å²) in [5.74, 6) is -0.420. The molecule has 3 aromatic rings. The molecule has 1 aliphatic heterocycles. The highest BCUT2D eigenvalue weighted by molar-refractivity contribution is 5.80. The van der Waals surface area contributed by atoms with Crippen molar-refractivity contribution in [3.63, 3.8) is 0 Å². The number of hydrogen-bond donors (Lipinski definition) is 2. The van der Waals surface area contributed by atoms with Crippen molar-refractivity contribution >= 4 is 17.3 Å². The van der Waals surface area contributed by atoms with Crippen molar-refractivity contribution in [2.45, 2.75) is 19.9 Å². The van der Waals surface area contributed by atoms with Crippen LogP contribution in [0.1, 0.15) is 24.1 Å². The first-order valence-electron chi connectivity index (χ1n) is 9.40. The second kappa shape index (κ2) is 7.67. The van der Waals surface area contributed by atoms with Gasteiger partial charge in [0.25, 0.3) is 0 Å². The molecule has 9 heteroatoms. The number of carboxylic acid groups (broad SMARTS) is 1. The summed E-state index contributed by atoms with van der Waals surface area (Å²) in [6, 6.07) is 4.81. The van der Waals surface area contributed by atoms with Crippen molar-refractivity contribution < 1.29 is 19.0 Å². The van der Waals surface area contributed by atoms with Gasteiger partial charge in [-0.05, 0) is 37.1 Å². The van der Waals surface area contributed by atoms with Crippen LogP contribution in [0.15, 0.2) is 30.7 Å². The Bertz CT molecular complexity index is 1060. The lowest BCUT2D eigenvalue weighted by Gasteiger charge is -2.27. The highest BCUT2D eigenvalue weighted by atomic mass is 19.1. The van der Waals surface area contributed by atoms with Crippen LogP contribution in [0.25, 0.3) is 16.8 Å². The van der Waals surface area contributed by atoms with Crippen molar-refractivity contribution in [2.24, 2.45) is 0 Å². The summed E-state index contributed by atoms with van der Waals surface area (Å²) in [6.45, 7) is 6.24. The average Bonchev–Trinajstić information content (AvgIpc) is 3.15. The van der Waals surface area contributed by atoms with E-state index in [1.54, 1.807) is 30.5 Å². The van der Waals surface area contributed by atoms with E-state index in [0.717, 1.165) is 18.8 Å². The topological polar surface area (TPSA) is 92.0 Å². The lowest BCUT2D eigenvalue weighted by atomic mass is 9.97. The molecule has 1 aromatic carbocycles. The Hall–Kier alpha value is -3.20. The molecule has 8 nitrogen and oxygen atoms in total. The standard InChI is InChI=1S/C20H22FN5O3/c1-12-15(13(2)24-20(27)28)3-4-16(18(12)21)19-17-9-14(10-26(17)23-11-22-19)25-5-7-29-8-6-25/h3-4,9-11,13,24H,5-8H2,1-2H3,(H,27,28)/t13-/m1/s1. The van der Waals surface area contributed by atoms with Gasteiger partial charge in [0, 0.05) is 18.7 Å². The van der Waals surface area contributed by atoms with Crippen molar-refractivity contribution in [3.05, 3.63) is 47.7 Å². The maximum Gasteiger partial charge on any atom is 0.405 e. The minimum Gasteiger partial charge on any atom is -0.465 e. The number of amides is 1. The molecule has 1 saturated heterocycles. The summed E-state index contributed by atoms with van der Waals surface area (Å²) in [7, 11) is 0. The minimum absolute atomic E-state index is 0.354. The van der Waals surface area contributed by atoms with Crippen LogP contribution in [-0.2, 0) is 4.74 Å². The molecule has 3 heterocycles. The van der Waals surface area contributed by atoms with Crippen LogP contribution >= 0.6 is 0 Å². The van der Waals surface area contributed by atoms with E-state index in [1.807, 2.05) is 12.3 Å². The fourth-order valence-corrected chi connectivity index (χ4v) is 3.73. The van der Waals surface area contributed by atoms with Gasteiger partial charge in [-0.25, -0.2) is 18.7 Å². The van der Waals surface area contributed by atoms with Crippen molar-refractivity contribution in [1.82, 2.24) is 19.9 Å². The smallest absolute Gasteiger partial charge is 0.405 e. The maximum atomic E-state index is 15.3. The molecule has 2 N–H and O–H groups in total. The number of halogens is 1.